The maximum absolute atomic E-state index is 6.19. The van der Waals surface area contributed by atoms with Crippen LogP contribution in [0.15, 0.2) is 4.99 Å². The molecule has 3 aliphatic heterocycles. The van der Waals surface area contributed by atoms with E-state index < -0.39 is 0 Å². The Morgan fingerprint density at radius 3 is 2.47 bits per heavy atom. The van der Waals surface area contributed by atoms with Gasteiger partial charge in [0.25, 0.3) is 0 Å². The first-order valence-corrected chi connectivity index (χ1v) is 12.4. The van der Waals surface area contributed by atoms with Gasteiger partial charge < -0.3 is 24.4 Å². The van der Waals surface area contributed by atoms with E-state index in [1.807, 2.05) is 0 Å². The van der Waals surface area contributed by atoms with Gasteiger partial charge in [0, 0.05) is 45.3 Å². The molecule has 0 aromatic rings. The first-order chi connectivity index (χ1) is 14.5. The molecule has 3 saturated heterocycles. The van der Waals surface area contributed by atoms with Crippen LogP contribution in [0.1, 0.15) is 72.6 Å². The van der Waals surface area contributed by atoms with E-state index >= 15 is 0 Å². The van der Waals surface area contributed by atoms with Gasteiger partial charge in [0.15, 0.2) is 5.96 Å². The predicted molar refractivity (Wildman–Crippen MR) is 122 cm³/mol. The zero-order valence-corrected chi connectivity index (χ0v) is 19.8. The third-order valence-corrected chi connectivity index (χ3v) is 6.64. The average Bonchev–Trinajstić information content (AvgIpc) is 2.76. The summed E-state index contributed by atoms with van der Waals surface area (Å²) >= 11 is 0. The number of hydrogen-bond acceptors (Lipinski definition) is 4. The number of hydrogen-bond donors (Lipinski definition) is 1. The van der Waals surface area contributed by atoms with Crippen LogP contribution >= 0.6 is 0 Å². The lowest BCUT2D eigenvalue weighted by Crippen LogP contribution is -2.48. The van der Waals surface area contributed by atoms with Crippen LogP contribution in [0, 0.1) is 11.3 Å². The molecule has 6 nitrogen and oxygen atoms in total. The van der Waals surface area contributed by atoms with Crippen molar-refractivity contribution < 1.29 is 14.2 Å². The molecule has 0 saturated carbocycles. The van der Waals surface area contributed by atoms with Crippen LogP contribution < -0.4 is 5.32 Å². The normalized spacial score (nSPS) is 29.8. The second-order valence-corrected chi connectivity index (χ2v) is 10.3. The van der Waals surface area contributed by atoms with Crippen molar-refractivity contribution in [3.8, 4) is 0 Å². The third-order valence-electron chi connectivity index (χ3n) is 6.64. The van der Waals surface area contributed by atoms with Crippen molar-refractivity contribution in [3.63, 3.8) is 0 Å². The minimum atomic E-state index is 0.163. The van der Waals surface area contributed by atoms with E-state index in [9.17, 15) is 0 Å². The first kappa shape index (κ1) is 23.8. The number of piperidine rings is 1. The number of nitrogens with one attached hydrogen (secondary N) is 1. The van der Waals surface area contributed by atoms with Crippen LogP contribution in [0.3, 0.4) is 0 Å². The summed E-state index contributed by atoms with van der Waals surface area (Å²) in [5, 5.41) is 3.52. The molecule has 1 N–H and O–H groups in total. The van der Waals surface area contributed by atoms with Crippen molar-refractivity contribution in [1.82, 2.24) is 10.2 Å². The zero-order chi connectivity index (χ0) is 21.4. The molecule has 0 amide bonds. The quantitative estimate of drug-likeness (QED) is 0.520. The average molecular weight is 424 g/mol. The van der Waals surface area contributed by atoms with Gasteiger partial charge in [-0.25, -0.2) is 0 Å². The fourth-order valence-corrected chi connectivity index (χ4v) is 5.03. The van der Waals surface area contributed by atoms with Crippen molar-refractivity contribution in [2.45, 2.75) is 91.0 Å². The van der Waals surface area contributed by atoms with E-state index in [1.165, 1.54) is 19.3 Å². The molecule has 3 aliphatic rings. The highest BCUT2D eigenvalue weighted by atomic mass is 16.5. The molecule has 3 heterocycles. The fourth-order valence-electron chi connectivity index (χ4n) is 5.03. The Bertz CT molecular complexity index is 520. The standard InChI is InChI=1S/C24H45N3O3/c1-5-25-23(26-17-19-9-8-16-29-22(19)24(2,3)4)27-13-11-20(12-14-27)30-18-21-10-6-7-15-28-21/h19-22H,5-18H2,1-4H3,(H,25,26). The van der Waals surface area contributed by atoms with Gasteiger partial charge in [0.05, 0.1) is 24.9 Å². The molecule has 0 aromatic carbocycles. The number of ether oxygens (including phenoxy) is 3. The van der Waals surface area contributed by atoms with Gasteiger partial charge in [-0.1, -0.05) is 20.8 Å². The lowest BCUT2D eigenvalue weighted by atomic mass is 9.78. The van der Waals surface area contributed by atoms with Gasteiger partial charge in [-0.3, -0.25) is 4.99 Å². The Kier molecular flexibility index (Phi) is 9.27. The van der Waals surface area contributed by atoms with Gasteiger partial charge in [-0.05, 0) is 57.3 Å². The molecule has 3 fully saturated rings. The second kappa shape index (κ2) is 11.7. The van der Waals surface area contributed by atoms with E-state index in [4.69, 9.17) is 19.2 Å². The molecule has 0 spiro atoms. The molecule has 0 radical (unpaired) electrons. The van der Waals surface area contributed by atoms with Crippen LogP contribution in [-0.4, -0.2) is 75.2 Å². The molecule has 174 valence electrons. The maximum Gasteiger partial charge on any atom is 0.193 e. The Morgan fingerprint density at radius 1 is 1.03 bits per heavy atom. The summed E-state index contributed by atoms with van der Waals surface area (Å²) in [6, 6.07) is 0. The molecule has 3 atom stereocenters. The van der Waals surface area contributed by atoms with Gasteiger partial charge in [0.2, 0.25) is 0 Å². The highest BCUT2D eigenvalue weighted by Gasteiger charge is 2.35. The summed E-state index contributed by atoms with van der Waals surface area (Å²) in [6.07, 6.45) is 9.07. The minimum Gasteiger partial charge on any atom is -0.377 e. The smallest absolute Gasteiger partial charge is 0.193 e. The van der Waals surface area contributed by atoms with E-state index in [1.54, 1.807) is 0 Å². The van der Waals surface area contributed by atoms with Crippen molar-refractivity contribution in [3.05, 3.63) is 0 Å². The largest absolute Gasteiger partial charge is 0.377 e. The topological polar surface area (TPSA) is 55.3 Å². The summed E-state index contributed by atoms with van der Waals surface area (Å²) in [5.41, 5.74) is 0.163. The monoisotopic (exact) mass is 423 g/mol. The molecule has 6 heteroatoms. The predicted octanol–water partition coefficient (Wildman–Crippen LogP) is 3.84. The maximum atomic E-state index is 6.19. The van der Waals surface area contributed by atoms with Crippen LogP contribution in [0.5, 0.6) is 0 Å². The molecular formula is C24H45N3O3. The van der Waals surface area contributed by atoms with E-state index in [2.05, 4.69) is 37.9 Å². The number of likely N-dealkylation sites (tertiary alicyclic amines) is 1. The summed E-state index contributed by atoms with van der Waals surface area (Å²) in [6.45, 7) is 15.3. The summed E-state index contributed by atoms with van der Waals surface area (Å²) < 4.78 is 18.1. The minimum absolute atomic E-state index is 0.163. The van der Waals surface area contributed by atoms with E-state index in [0.29, 0.717) is 24.2 Å². The first-order valence-electron chi connectivity index (χ1n) is 12.4. The highest BCUT2D eigenvalue weighted by Crippen LogP contribution is 2.34. The lowest BCUT2D eigenvalue weighted by Gasteiger charge is -2.40. The Morgan fingerprint density at radius 2 is 1.80 bits per heavy atom. The Labute approximate surface area is 184 Å². The molecular weight excluding hydrogens is 378 g/mol. The zero-order valence-electron chi connectivity index (χ0n) is 19.8. The number of aliphatic imine (C=N–C) groups is 1. The molecule has 3 unspecified atom stereocenters. The van der Waals surface area contributed by atoms with Crippen molar-refractivity contribution in [2.75, 3.05) is 46.0 Å². The summed E-state index contributed by atoms with van der Waals surface area (Å²) in [7, 11) is 0. The van der Waals surface area contributed by atoms with Crippen LogP contribution in [0.4, 0.5) is 0 Å². The van der Waals surface area contributed by atoms with Crippen LogP contribution in [0.2, 0.25) is 0 Å². The van der Waals surface area contributed by atoms with Crippen molar-refractivity contribution in [1.29, 1.82) is 0 Å². The van der Waals surface area contributed by atoms with Crippen molar-refractivity contribution in [2.24, 2.45) is 16.3 Å². The van der Waals surface area contributed by atoms with E-state index in [0.717, 1.165) is 77.6 Å². The van der Waals surface area contributed by atoms with Gasteiger partial charge in [-0.2, -0.15) is 0 Å². The third kappa shape index (κ3) is 7.10. The van der Waals surface area contributed by atoms with Crippen LogP contribution in [-0.2, 0) is 14.2 Å². The summed E-state index contributed by atoms with van der Waals surface area (Å²) in [5.74, 6) is 1.56. The SMILES string of the molecule is CCNC(=NCC1CCCOC1C(C)(C)C)N1CCC(OCC2CCCCO2)CC1. The van der Waals surface area contributed by atoms with Crippen molar-refractivity contribution >= 4 is 5.96 Å². The Hall–Kier alpha value is -0.850. The fraction of sp³-hybridized carbons (Fsp3) is 0.958. The number of nitrogens with zero attached hydrogens (tertiary/aromatic N) is 2. The second-order valence-electron chi connectivity index (χ2n) is 10.3. The molecule has 30 heavy (non-hydrogen) atoms. The van der Waals surface area contributed by atoms with Crippen LogP contribution in [0.25, 0.3) is 0 Å². The number of rotatable bonds is 6. The molecule has 0 aromatic heterocycles. The number of guanidine groups is 1. The molecule has 0 bridgehead atoms. The highest BCUT2D eigenvalue weighted by molar-refractivity contribution is 5.80. The lowest BCUT2D eigenvalue weighted by molar-refractivity contribution is -0.0824. The summed E-state index contributed by atoms with van der Waals surface area (Å²) in [4.78, 5) is 7.47. The molecule has 3 rings (SSSR count). The van der Waals surface area contributed by atoms with E-state index in [-0.39, 0.29) is 5.41 Å². The Balaban J connectivity index is 1.48. The van der Waals surface area contributed by atoms with Gasteiger partial charge in [-0.15, -0.1) is 0 Å². The van der Waals surface area contributed by atoms with Gasteiger partial charge in [0.1, 0.15) is 0 Å². The molecule has 0 aliphatic carbocycles. The van der Waals surface area contributed by atoms with Gasteiger partial charge >= 0.3 is 0 Å².